The summed E-state index contributed by atoms with van der Waals surface area (Å²) in [4.78, 5) is 11.3. The number of hydrogen-bond donors (Lipinski definition) is 1. The molecule has 0 spiro atoms. The van der Waals surface area contributed by atoms with Gasteiger partial charge in [-0.05, 0) is 23.3 Å². The topological polar surface area (TPSA) is 46.5 Å². The summed E-state index contributed by atoms with van der Waals surface area (Å²) in [7, 11) is 0. The lowest BCUT2D eigenvalue weighted by molar-refractivity contribution is -0.151. The van der Waals surface area contributed by atoms with Crippen LogP contribution in [0.4, 0.5) is 0 Å². The van der Waals surface area contributed by atoms with Gasteiger partial charge in [0.15, 0.2) is 6.10 Å². The van der Waals surface area contributed by atoms with Crippen LogP contribution in [-0.4, -0.2) is 17.2 Å². The van der Waals surface area contributed by atoms with Gasteiger partial charge in [0.2, 0.25) is 0 Å². The van der Waals surface area contributed by atoms with Crippen molar-refractivity contribution in [1.29, 1.82) is 0 Å². The second kappa shape index (κ2) is 7.22. The molecule has 0 amide bonds. The Labute approximate surface area is 126 Å². The third-order valence-corrected chi connectivity index (χ3v) is 3.37. The number of rotatable bonds is 6. The Morgan fingerprint density at radius 2 is 1.80 bits per heavy atom. The van der Waals surface area contributed by atoms with Crippen molar-refractivity contribution >= 4 is 21.9 Å². The number of ether oxygens (including phenoxy) is 1. The molecule has 0 bridgehead atoms. The Hall–Kier alpha value is -1.65. The van der Waals surface area contributed by atoms with E-state index in [4.69, 9.17) is 4.74 Å². The molecule has 104 valence electrons. The average Bonchev–Trinajstić information content (AvgIpc) is 2.44. The number of aliphatic carboxylic acids is 1. The zero-order valence-corrected chi connectivity index (χ0v) is 12.4. The molecule has 0 aliphatic heterocycles. The molecule has 0 unspecified atom stereocenters. The Bertz CT molecular complexity index is 569. The van der Waals surface area contributed by atoms with Crippen molar-refractivity contribution in [1.82, 2.24) is 0 Å². The molecule has 3 nitrogen and oxygen atoms in total. The lowest BCUT2D eigenvalue weighted by atomic mass is 10.1. The first-order valence-electron chi connectivity index (χ1n) is 6.28. The number of carboxylic acid groups (broad SMARTS) is 1. The molecule has 0 aliphatic rings. The van der Waals surface area contributed by atoms with Gasteiger partial charge in [-0.3, -0.25) is 0 Å². The molecule has 2 rings (SSSR count). The van der Waals surface area contributed by atoms with E-state index >= 15 is 0 Å². The maximum atomic E-state index is 11.3. The number of hydrogen-bond acceptors (Lipinski definition) is 2. The molecule has 0 saturated carbocycles. The second-order valence-corrected chi connectivity index (χ2v) is 5.37. The van der Waals surface area contributed by atoms with Crippen molar-refractivity contribution in [3.63, 3.8) is 0 Å². The highest BCUT2D eigenvalue weighted by molar-refractivity contribution is 9.10. The van der Waals surface area contributed by atoms with E-state index in [0.29, 0.717) is 13.0 Å². The zero-order chi connectivity index (χ0) is 14.4. The van der Waals surface area contributed by atoms with Crippen molar-refractivity contribution in [2.45, 2.75) is 19.1 Å². The van der Waals surface area contributed by atoms with Gasteiger partial charge in [0, 0.05) is 10.9 Å². The van der Waals surface area contributed by atoms with Gasteiger partial charge in [-0.2, -0.15) is 0 Å². The number of benzene rings is 2. The average molecular weight is 335 g/mol. The zero-order valence-electron chi connectivity index (χ0n) is 10.8. The molecule has 0 saturated heterocycles. The van der Waals surface area contributed by atoms with Gasteiger partial charge >= 0.3 is 5.97 Å². The van der Waals surface area contributed by atoms with Crippen LogP contribution in [0.3, 0.4) is 0 Å². The second-order valence-electron chi connectivity index (χ2n) is 4.46. The molecule has 20 heavy (non-hydrogen) atoms. The van der Waals surface area contributed by atoms with Crippen molar-refractivity contribution in [3.8, 4) is 0 Å². The third kappa shape index (κ3) is 4.47. The summed E-state index contributed by atoms with van der Waals surface area (Å²) >= 11 is 3.38. The van der Waals surface area contributed by atoms with Gasteiger partial charge in [0.05, 0.1) is 6.61 Å². The number of halogens is 1. The predicted octanol–water partition coefficient (Wildman–Crippen LogP) is 3.66. The fourth-order valence-electron chi connectivity index (χ4n) is 1.87. The number of carbonyl (C=O) groups is 1. The molecule has 2 aromatic carbocycles. The van der Waals surface area contributed by atoms with Gasteiger partial charge < -0.3 is 9.84 Å². The van der Waals surface area contributed by atoms with Crippen LogP contribution < -0.4 is 0 Å². The van der Waals surface area contributed by atoms with E-state index in [2.05, 4.69) is 15.9 Å². The van der Waals surface area contributed by atoms with E-state index < -0.39 is 12.1 Å². The first kappa shape index (κ1) is 14.8. The lowest BCUT2D eigenvalue weighted by Gasteiger charge is -2.14. The Kier molecular flexibility index (Phi) is 5.32. The van der Waals surface area contributed by atoms with Gasteiger partial charge in [0.1, 0.15) is 0 Å². The normalized spacial score (nSPS) is 12.1. The van der Waals surface area contributed by atoms with Crippen LogP contribution in [0.2, 0.25) is 0 Å². The molecule has 0 aromatic heterocycles. The molecule has 0 heterocycles. The fourth-order valence-corrected chi connectivity index (χ4v) is 2.31. The largest absolute Gasteiger partial charge is 0.479 e. The molecule has 1 N–H and O–H groups in total. The highest BCUT2D eigenvalue weighted by Crippen LogP contribution is 2.15. The molecule has 0 radical (unpaired) electrons. The van der Waals surface area contributed by atoms with E-state index in [1.54, 1.807) is 0 Å². The Balaban J connectivity index is 1.99. The maximum absolute atomic E-state index is 11.3. The van der Waals surface area contributed by atoms with Crippen LogP contribution in [0, 0.1) is 0 Å². The third-order valence-electron chi connectivity index (χ3n) is 2.88. The Morgan fingerprint density at radius 1 is 1.10 bits per heavy atom. The molecule has 4 heteroatoms. The standard InChI is InChI=1S/C16H15BrO3/c17-14-8-4-7-13(9-14)10-15(16(18)19)20-11-12-5-2-1-3-6-12/h1-9,15H,10-11H2,(H,18,19)/t15-/m1/s1. The summed E-state index contributed by atoms with van der Waals surface area (Å²) in [6.45, 7) is 0.297. The van der Waals surface area contributed by atoms with Crippen LogP contribution in [0.25, 0.3) is 0 Å². The van der Waals surface area contributed by atoms with Crippen LogP contribution in [0.15, 0.2) is 59.1 Å². The van der Waals surface area contributed by atoms with E-state index in [-0.39, 0.29) is 0 Å². The first-order chi connectivity index (χ1) is 9.65. The summed E-state index contributed by atoms with van der Waals surface area (Å²) in [5.74, 6) is -0.944. The van der Waals surface area contributed by atoms with E-state index in [0.717, 1.165) is 15.6 Å². The summed E-state index contributed by atoms with van der Waals surface area (Å²) < 4.78 is 6.45. The van der Waals surface area contributed by atoms with Crippen LogP contribution >= 0.6 is 15.9 Å². The first-order valence-corrected chi connectivity index (χ1v) is 7.07. The SMILES string of the molecule is O=C(O)[C@@H](Cc1cccc(Br)c1)OCc1ccccc1. The summed E-state index contributed by atoms with van der Waals surface area (Å²) in [5.41, 5.74) is 1.90. The molecule has 2 aromatic rings. The van der Waals surface area contributed by atoms with E-state index in [1.165, 1.54) is 0 Å². The van der Waals surface area contributed by atoms with Crippen LogP contribution in [0.1, 0.15) is 11.1 Å². The lowest BCUT2D eigenvalue weighted by Crippen LogP contribution is -2.26. The highest BCUT2D eigenvalue weighted by Gasteiger charge is 2.18. The smallest absolute Gasteiger partial charge is 0.333 e. The molecular weight excluding hydrogens is 320 g/mol. The summed E-state index contributed by atoms with van der Waals surface area (Å²) in [6.07, 6.45) is -0.494. The fraction of sp³-hybridized carbons (Fsp3) is 0.188. The monoisotopic (exact) mass is 334 g/mol. The minimum absolute atomic E-state index is 0.297. The summed E-state index contributed by atoms with van der Waals surface area (Å²) in [6, 6.07) is 17.1. The predicted molar refractivity (Wildman–Crippen MR) is 80.5 cm³/mol. The van der Waals surface area contributed by atoms with Crippen molar-refractivity contribution < 1.29 is 14.6 Å². The molecule has 1 atom stereocenters. The molecule has 0 fully saturated rings. The molecular formula is C16H15BrO3. The highest BCUT2D eigenvalue weighted by atomic mass is 79.9. The maximum Gasteiger partial charge on any atom is 0.333 e. The minimum atomic E-state index is -0.944. The van der Waals surface area contributed by atoms with Crippen LogP contribution in [0.5, 0.6) is 0 Å². The van der Waals surface area contributed by atoms with E-state index in [9.17, 15) is 9.90 Å². The quantitative estimate of drug-likeness (QED) is 0.876. The number of carboxylic acids is 1. The molecule has 0 aliphatic carbocycles. The Morgan fingerprint density at radius 3 is 2.45 bits per heavy atom. The van der Waals surface area contributed by atoms with Gasteiger partial charge in [-0.25, -0.2) is 4.79 Å². The summed E-state index contributed by atoms with van der Waals surface area (Å²) in [5, 5.41) is 9.25. The minimum Gasteiger partial charge on any atom is -0.479 e. The van der Waals surface area contributed by atoms with Gasteiger partial charge in [-0.1, -0.05) is 58.4 Å². The van der Waals surface area contributed by atoms with Gasteiger partial charge in [0.25, 0.3) is 0 Å². The van der Waals surface area contributed by atoms with Crippen LogP contribution in [-0.2, 0) is 22.6 Å². The van der Waals surface area contributed by atoms with Crippen molar-refractivity contribution in [3.05, 3.63) is 70.2 Å². The van der Waals surface area contributed by atoms with Crippen molar-refractivity contribution in [2.75, 3.05) is 0 Å². The van der Waals surface area contributed by atoms with E-state index in [1.807, 2.05) is 54.6 Å². The van der Waals surface area contributed by atoms with Crippen molar-refractivity contribution in [2.24, 2.45) is 0 Å². The van der Waals surface area contributed by atoms with Gasteiger partial charge in [-0.15, -0.1) is 0 Å².